The standard InChI is InChI=1S/C12H13N3/c1-2-7-15(12(13)14)11-8-9-5-3-4-6-10(9)11/h2-6,8H,1,7H2,(H3,13,14). The highest BCUT2D eigenvalue weighted by Crippen LogP contribution is 2.34. The molecule has 0 radical (unpaired) electrons. The highest BCUT2D eigenvalue weighted by atomic mass is 15.2. The third-order valence-electron chi connectivity index (χ3n) is 2.42. The molecule has 0 aliphatic heterocycles. The first-order valence-electron chi connectivity index (χ1n) is 4.77. The first kappa shape index (κ1) is 9.52. The average Bonchev–Trinajstić information content (AvgIpc) is 2.18. The summed E-state index contributed by atoms with van der Waals surface area (Å²) in [6.45, 7) is 4.22. The molecule has 3 nitrogen and oxygen atoms in total. The lowest BCUT2D eigenvalue weighted by atomic mass is 9.93. The molecule has 1 aromatic carbocycles. The van der Waals surface area contributed by atoms with E-state index in [4.69, 9.17) is 11.1 Å². The van der Waals surface area contributed by atoms with Crippen LogP contribution >= 0.6 is 0 Å². The number of hydrogen-bond acceptors (Lipinski definition) is 1. The Morgan fingerprint density at radius 3 is 2.80 bits per heavy atom. The minimum atomic E-state index is 0.0515. The molecule has 0 aromatic heterocycles. The fourth-order valence-corrected chi connectivity index (χ4v) is 1.68. The fourth-order valence-electron chi connectivity index (χ4n) is 1.68. The van der Waals surface area contributed by atoms with Gasteiger partial charge in [-0.3, -0.25) is 5.41 Å². The summed E-state index contributed by atoms with van der Waals surface area (Å²) >= 11 is 0. The molecule has 0 saturated carbocycles. The zero-order valence-electron chi connectivity index (χ0n) is 8.40. The number of benzene rings is 1. The molecule has 15 heavy (non-hydrogen) atoms. The Labute approximate surface area is 89.0 Å². The van der Waals surface area contributed by atoms with Crippen LogP contribution in [0.1, 0.15) is 11.1 Å². The van der Waals surface area contributed by atoms with E-state index < -0.39 is 0 Å². The molecule has 0 atom stereocenters. The van der Waals surface area contributed by atoms with Gasteiger partial charge < -0.3 is 10.6 Å². The summed E-state index contributed by atoms with van der Waals surface area (Å²) in [5, 5.41) is 7.48. The van der Waals surface area contributed by atoms with Crippen LogP contribution in [0.5, 0.6) is 0 Å². The number of hydrogen-bond donors (Lipinski definition) is 2. The van der Waals surface area contributed by atoms with Crippen LogP contribution in [0.2, 0.25) is 0 Å². The fraction of sp³-hybridized carbons (Fsp3) is 0.0833. The summed E-state index contributed by atoms with van der Waals surface area (Å²) in [5.74, 6) is 0.0515. The van der Waals surface area contributed by atoms with Crippen LogP contribution in [-0.4, -0.2) is 17.4 Å². The quantitative estimate of drug-likeness (QED) is 0.443. The lowest BCUT2D eigenvalue weighted by Gasteiger charge is -2.30. The monoisotopic (exact) mass is 199 g/mol. The maximum absolute atomic E-state index is 7.48. The Hall–Kier alpha value is -2.03. The third kappa shape index (κ3) is 1.52. The molecule has 3 heteroatoms. The van der Waals surface area contributed by atoms with Gasteiger partial charge >= 0.3 is 0 Å². The first-order chi connectivity index (χ1) is 7.24. The van der Waals surface area contributed by atoms with Gasteiger partial charge in [0.15, 0.2) is 5.96 Å². The zero-order valence-corrected chi connectivity index (χ0v) is 8.40. The molecular weight excluding hydrogens is 186 g/mol. The lowest BCUT2D eigenvalue weighted by Crippen LogP contribution is -2.36. The summed E-state index contributed by atoms with van der Waals surface area (Å²) in [5.41, 5.74) is 8.85. The van der Waals surface area contributed by atoms with E-state index >= 15 is 0 Å². The summed E-state index contributed by atoms with van der Waals surface area (Å²) < 4.78 is 0. The van der Waals surface area contributed by atoms with Crippen molar-refractivity contribution in [3.8, 4) is 0 Å². The maximum Gasteiger partial charge on any atom is 0.193 e. The van der Waals surface area contributed by atoms with Crippen molar-refractivity contribution >= 4 is 17.7 Å². The van der Waals surface area contributed by atoms with E-state index in [9.17, 15) is 0 Å². The van der Waals surface area contributed by atoms with Crippen LogP contribution in [0.15, 0.2) is 36.9 Å². The largest absolute Gasteiger partial charge is 0.370 e. The van der Waals surface area contributed by atoms with Crippen LogP contribution < -0.4 is 5.73 Å². The second-order valence-corrected chi connectivity index (χ2v) is 3.40. The summed E-state index contributed by atoms with van der Waals surface area (Å²) in [7, 11) is 0. The van der Waals surface area contributed by atoms with E-state index in [2.05, 4.69) is 6.58 Å². The average molecular weight is 199 g/mol. The minimum absolute atomic E-state index is 0.0515. The summed E-state index contributed by atoms with van der Waals surface area (Å²) in [6.07, 6.45) is 3.77. The predicted octanol–water partition coefficient (Wildman–Crippen LogP) is 1.88. The van der Waals surface area contributed by atoms with Gasteiger partial charge in [0.05, 0.1) is 5.70 Å². The van der Waals surface area contributed by atoms with E-state index in [1.165, 1.54) is 5.56 Å². The predicted molar refractivity (Wildman–Crippen MR) is 63.1 cm³/mol. The highest BCUT2D eigenvalue weighted by molar-refractivity contribution is 6.00. The van der Waals surface area contributed by atoms with Crippen LogP contribution in [0, 0.1) is 5.41 Å². The molecule has 0 fully saturated rings. The van der Waals surface area contributed by atoms with E-state index in [1.807, 2.05) is 30.3 Å². The van der Waals surface area contributed by atoms with Crippen LogP contribution in [0.4, 0.5) is 0 Å². The molecular formula is C12H13N3. The number of rotatable bonds is 3. The van der Waals surface area contributed by atoms with Crippen LogP contribution in [-0.2, 0) is 0 Å². The molecule has 3 N–H and O–H groups in total. The van der Waals surface area contributed by atoms with Crippen molar-refractivity contribution in [3.05, 3.63) is 48.0 Å². The Kier molecular flexibility index (Phi) is 2.29. The van der Waals surface area contributed by atoms with Gasteiger partial charge in [0.2, 0.25) is 0 Å². The molecule has 0 bridgehead atoms. The number of fused-ring (bicyclic) bond motifs is 1. The highest BCUT2D eigenvalue weighted by Gasteiger charge is 2.21. The molecule has 0 amide bonds. The maximum atomic E-state index is 7.48. The Balaban J connectivity index is 2.27. The van der Waals surface area contributed by atoms with Crippen molar-refractivity contribution in [1.29, 1.82) is 5.41 Å². The molecule has 76 valence electrons. The van der Waals surface area contributed by atoms with Gasteiger partial charge in [0.1, 0.15) is 0 Å². The van der Waals surface area contributed by atoms with Gasteiger partial charge in [-0.25, -0.2) is 0 Å². The van der Waals surface area contributed by atoms with Crippen LogP contribution in [0.25, 0.3) is 11.8 Å². The van der Waals surface area contributed by atoms with Gasteiger partial charge in [-0.15, -0.1) is 6.58 Å². The summed E-state index contributed by atoms with van der Waals surface area (Å²) in [4.78, 5) is 1.73. The Morgan fingerprint density at radius 1 is 1.47 bits per heavy atom. The molecule has 0 unspecified atom stereocenters. The summed E-state index contributed by atoms with van der Waals surface area (Å²) in [6, 6.07) is 8.06. The number of guanidine groups is 1. The van der Waals surface area contributed by atoms with Gasteiger partial charge in [0.25, 0.3) is 0 Å². The molecule has 0 spiro atoms. The second-order valence-electron chi connectivity index (χ2n) is 3.40. The van der Waals surface area contributed by atoms with E-state index in [-0.39, 0.29) is 5.96 Å². The smallest absolute Gasteiger partial charge is 0.193 e. The normalized spacial score (nSPS) is 12.1. The van der Waals surface area contributed by atoms with Crippen molar-refractivity contribution in [1.82, 2.24) is 4.90 Å². The van der Waals surface area contributed by atoms with Crippen molar-refractivity contribution < 1.29 is 0 Å². The van der Waals surface area contributed by atoms with Crippen LogP contribution in [0.3, 0.4) is 0 Å². The third-order valence-corrected chi connectivity index (χ3v) is 2.42. The van der Waals surface area contributed by atoms with E-state index in [1.54, 1.807) is 11.0 Å². The van der Waals surface area contributed by atoms with Crippen molar-refractivity contribution in [2.24, 2.45) is 5.73 Å². The molecule has 1 aliphatic carbocycles. The number of nitrogens with zero attached hydrogens (tertiary/aromatic N) is 1. The molecule has 0 saturated heterocycles. The van der Waals surface area contributed by atoms with Crippen molar-refractivity contribution in [2.45, 2.75) is 0 Å². The number of nitrogens with two attached hydrogens (primary N) is 1. The molecule has 2 rings (SSSR count). The molecule has 0 heterocycles. The molecule has 1 aromatic rings. The van der Waals surface area contributed by atoms with Gasteiger partial charge in [0, 0.05) is 12.1 Å². The minimum Gasteiger partial charge on any atom is -0.370 e. The SMILES string of the molecule is C=CCN(C(=N)N)C1=Cc2ccccc21. The topological polar surface area (TPSA) is 53.1 Å². The second kappa shape index (κ2) is 3.61. The molecule has 1 aliphatic rings. The van der Waals surface area contributed by atoms with Crippen molar-refractivity contribution in [2.75, 3.05) is 6.54 Å². The first-order valence-corrected chi connectivity index (χ1v) is 4.77. The zero-order chi connectivity index (χ0) is 10.8. The number of nitrogens with one attached hydrogen (secondary N) is 1. The van der Waals surface area contributed by atoms with Gasteiger partial charge in [-0.2, -0.15) is 0 Å². The lowest BCUT2D eigenvalue weighted by molar-refractivity contribution is 0.636. The van der Waals surface area contributed by atoms with E-state index in [0.29, 0.717) is 6.54 Å². The Morgan fingerprint density at radius 2 is 2.20 bits per heavy atom. The van der Waals surface area contributed by atoms with Gasteiger partial charge in [-0.05, 0) is 11.6 Å². The van der Waals surface area contributed by atoms with Gasteiger partial charge in [-0.1, -0.05) is 30.3 Å². The van der Waals surface area contributed by atoms with Crippen molar-refractivity contribution in [3.63, 3.8) is 0 Å². The van der Waals surface area contributed by atoms with E-state index in [0.717, 1.165) is 11.3 Å². The Bertz CT molecular complexity index is 446.